The van der Waals surface area contributed by atoms with Crippen molar-refractivity contribution < 1.29 is 4.74 Å². The SMILES string of the molecule is COc1ccccc1C1(C)C=Cc2ccccc2N1. The number of ether oxygens (including phenoxy) is 1. The quantitative estimate of drug-likeness (QED) is 0.869. The van der Waals surface area contributed by atoms with Gasteiger partial charge < -0.3 is 10.1 Å². The van der Waals surface area contributed by atoms with Gasteiger partial charge in [0.25, 0.3) is 0 Å². The van der Waals surface area contributed by atoms with Crippen LogP contribution in [0.4, 0.5) is 5.69 Å². The summed E-state index contributed by atoms with van der Waals surface area (Å²) in [4.78, 5) is 0. The van der Waals surface area contributed by atoms with E-state index in [2.05, 4.69) is 48.7 Å². The average molecular weight is 251 g/mol. The van der Waals surface area contributed by atoms with Crippen molar-refractivity contribution in [1.29, 1.82) is 0 Å². The van der Waals surface area contributed by atoms with Gasteiger partial charge in [-0.05, 0) is 24.6 Å². The van der Waals surface area contributed by atoms with Gasteiger partial charge >= 0.3 is 0 Å². The molecule has 2 nitrogen and oxygen atoms in total. The van der Waals surface area contributed by atoms with Gasteiger partial charge in [-0.3, -0.25) is 0 Å². The van der Waals surface area contributed by atoms with Crippen molar-refractivity contribution in [3.63, 3.8) is 0 Å². The van der Waals surface area contributed by atoms with Crippen LogP contribution in [0.5, 0.6) is 5.75 Å². The Balaban J connectivity index is 2.07. The Morgan fingerprint density at radius 2 is 1.74 bits per heavy atom. The summed E-state index contributed by atoms with van der Waals surface area (Å²) in [6.45, 7) is 2.16. The molecule has 0 amide bonds. The maximum Gasteiger partial charge on any atom is 0.124 e. The minimum absolute atomic E-state index is 0.249. The second-order valence-electron chi connectivity index (χ2n) is 4.95. The topological polar surface area (TPSA) is 21.3 Å². The molecule has 2 aromatic carbocycles. The second-order valence-corrected chi connectivity index (χ2v) is 4.95. The first kappa shape index (κ1) is 11.8. The lowest BCUT2D eigenvalue weighted by Crippen LogP contribution is -2.32. The summed E-state index contributed by atoms with van der Waals surface area (Å²) in [5.74, 6) is 0.904. The first-order valence-electron chi connectivity index (χ1n) is 6.43. The van der Waals surface area contributed by atoms with Gasteiger partial charge in [-0.2, -0.15) is 0 Å². The summed E-state index contributed by atoms with van der Waals surface area (Å²) >= 11 is 0. The lowest BCUT2D eigenvalue weighted by Gasteiger charge is -2.34. The van der Waals surface area contributed by atoms with Gasteiger partial charge in [0.2, 0.25) is 0 Å². The van der Waals surface area contributed by atoms with E-state index in [1.54, 1.807) is 7.11 Å². The molecule has 19 heavy (non-hydrogen) atoms. The number of hydrogen-bond donors (Lipinski definition) is 1. The summed E-state index contributed by atoms with van der Waals surface area (Å²) < 4.78 is 5.48. The lowest BCUT2D eigenvalue weighted by molar-refractivity contribution is 0.403. The minimum Gasteiger partial charge on any atom is -0.496 e. The fourth-order valence-electron chi connectivity index (χ4n) is 2.56. The molecular weight excluding hydrogens is 234 g/mol. The third kappa shape index (κ3) is 1.99. The number of rotatable bonds is 2. The average Bonchev–Trinajstić information content (AvgIpc) is 2.47. The molecule has 1 unspecified atom stereocenters. The second kappa shape index (κ2) is 4.47. The number of methoxy groups -OCH3 is 1. The molecule has 1 N–H and O–H groups in total. The number of benzene rings is 2. The van der Waals surface area contributed by atoms with Gasteiger partial charge in [-0.25, -0.2) is 0 Å². The van der Waals surface area contributed by atoms with Crippen molar-refractivity contribution in [3.8, 4) is 5.75 Å². The highest BCUT2D eigenvalue weighted by atomic mass is 16.5. The zero-order valence-corrected chi connectivity index (χ0v) is 11.2. The monoisotopic (exact) mass is 251 g/mol. The van der Waals surface area contributed by atoms with Crippen LogP contribution in [-0.4, -0.2) is 7.11 Å². The molecule has 3 rings (SSSR count). The molecule has 0 bridgehead atoms. The van der Waals surface area contributed by atoms with Crippen LogP contribution in [0.3, 0.4) is 0 Å². The molecule has 0 saturated heterocycles. The van der Waals surface area contributed by atoms with E-state index in [9.17, 15) is 0 Å². The van der Waals surface area contributed by atoms with E-state index in [1.165, 1.54) is 5.56 Å². The van der Waals surface area contributed by atoms with E-state index in [4.69, 9.17) is 4.74 Å². The van der Waals surface area contributed by atoms with Crippen LogP contribution in [0, 0.1) is 0 Å². The minimum atomic E-state index is -0.249. The van der Waals surface area contributed by atoms with E-state index < -0.39 is 0 Å². The zero-order chi connectivity index (χ0) is 13.3. The summed E-state index contributed by atoms with van der Waals surface area (Å²) in [6.07, 6.45) is 4.35. The largest absolute Gasteiger partial charge is 0.496 e. The number of anilines is 1. The van der Waals surface area contributed by atoms with E-state index in [1.807, 2.05) is 24.3 Å². The van der Waals surface area contributed by atoms with Gasteiger partial charge in [0.05, 0.1) is 12.6 Å². The normalized spacial score (nSPS) is 20.5. The maximum absolute atomic E-state index is 5.48. The third-order valence-electron chi connectivity index (χ3n) is 3.62. The fourth-order valence-corrected chi connectivity index (χ4v) is 2.56. The first-order chi connectivity index (χ1) is 9.23. The predicted octanol–water partition coefficient (Wildman–Crippen LogP) is 4.05. The first-order valence-corrected chi connectivity index (χ1v) is 6.43. The number of nitrogens with one attached hydrogen (secondary N) is 1. The molecule has 0 saturated carbocycles. The highest BCUT2D eigenvalue weighted by molar-refractivity contribution is 5.73. The summed E-state index contributed by atoms with van der Waals surface area (Å²) in [5, 5.41) is 3.60. The van der Waals surface area contributed by atoms with Gasteiger partial charge in [-0.1, -0.05) is 48.6 Å². The highest BCUT2D eigenvalue weighted by Crippen LogP contribution is 2.38. The molecule has 1 aliphatic heterocycles. The van der Waals surface area contributed by atoms with E-state index in [0.29, 0.717) is 0 Å². The summed E-state index contributed by atoms with van der Waals surface area (Å²) in [6, 6.07) is 16.4. The molecule has 1 aliphatic rings. The van der Waals surface area contributed by atoms with Crippen molar-refractivity contribution in [2.24, 2.45) is 0 Å². The molecule has 96 valence electrons. The molecule has 0 spiro atoms. The van der Waals surface area contributed by atoms with Crippen LogP contribution in [-0.2, 0) is 5.54 Å². The van der Waals surface area contributed by atoms with Crippen LogP contribution < -0.4 is 10.1 Å². The van der Waals surface area contributed by atoms with Crippen molar-refractivity contribution in [3.05, 3.63) is 65.7 Å². The third-order valence-corrected chi connectivity index (χ3v) is 3.62. The van der Waals surface area contributed by atoms with Crippen LogP contribution in [0.1, 0.15) is 18.1 Å². The fraction of sp³-hybridized carbons (Fsp3) is 0.176. The number of para-hydroxylation sites is 2. The zero-order valence-electron chi connectivity index (χ0n) is 11.2. The van der Waals surface area contributed by atoms with Crippen molar-refractivity contribution >= 4 is 11.8 Å². The Labute approximate surface area is 113 Å². The maximum atomic E-state index is 5.48. The van der Waals surface area contributed by atoms with Crippen LogP contribution in [0.2, 0.25) is 0 Å². The van der Waals surface area contributed by atoms with Crippen LogP contribution >= 0.6 is 0 Å². The Bertz CT molecular complexity index is 633. The molecule has 2 heteroatoms. The smallest absolute Gasteiger partial charge is 0.124 e. The highest BCUT2D eigenvalue weighted by Gasteiger charge is 2.29. The molecule has 0 aromatic heterocycles. The van der Waals surface area contributed by atoms with Gasteiger partial charge in [0.1, 0.15) is 5.75 Å². The van der Waals surface area contributed by atoms with Crippen LogP contribution in [0.15, 0.2) is 54.6 Å². The Morgan fingerprint density at radius 1 is 1.00 bits per heavy atom. The molecule has 0 aliphatic carbocycles. The molecular formula is C17H17NO. The lowest BCUT2D eigenvalue weighted by atomic mass is 9.87. The Hall–Kier alpha value is -2.22. The summed E-state index contributed by atoms with van der Waals surface area (Å²) in [7, 11) is 1.71. The Morgan fingerprint density at radius 3 is 2.58 bits per heavy atom. The van der Waals surface area contributed by atoms with E-state index in [0.717, 1.165) is 17.0 Å². The van der Waals surface area contributed by atoms with Gasteiger partial charge in [0, 0.05) is 11.3 Å². The van der Waals surface area contributed by atoms with Gasteiger partial charge in [0.15, 0.2) is 0 Å². The number of fused-ring (bicyclic) bond motifs is 1. The number of hydrogen-bond acceptors (Lipinski definition) is 2. The molecule has 0 radical (unpaired) electrons. The van der Waals surface area contributed by atoms with Crippen molar-refractivity contribution in [2.45, 2.75) is 12.5 Å². The van der Waals surface area contributed by atoms with Crippen molar-refractivity contribution in [2.75, 3.05) is 12.4 Å². The van der Waals surface area contributed by atoms with Crippen LogP contribution in [0.25, 0.3) is 6.08 Å². The van der Waals surface area contributed by atoms with E-state index in [-0.39, 0.29) is 5.54 Å². The molecule has 1 heterocycles. The standard InChI is InChI=1S/C17H17NO/c1-17(14-8-4-6-10-16(14)19-2)12-11-13-7-3-5-9-15(13)18-17/h3-12,18H,1-2H3. The molecule has 2 aromatic rings. The van der Waals surface area contributed by atoms with Crippen molar-refractivity contribution in [1.82, 2.24) is 0 Å². The molecule has 1 atom stereocenters. The predicted molar refractivity (Wildman–Crippen MR) is 79.4 cm³/mol. The van der Waals surface area contributed by atoms with E-state index >= 15 is 0 Å². The summed E-state index contributed by atoms with van der Waals surface area (Å²) in [5.41, 5.74) is 3.26. The molecule has 0 fully saturated rings. The van der Waals surface area contributed by atoms with Gasteiger partial charge in [-0.15, -0.1) is 0 Å². The Kier molecular flexibility index (Phi) is 2.79.